The quantitative estimate of drug-likeness (QED) is 0.434. The van der Waals surface area contributed by atoms with Crippen LogP contribution in [0, 0.1) is 10.1 Å². The predicted molar refractivity (Wildman–Crippen MR) is 60.5 cm³/mol. The van der Waals surface area contributed by atoms with Gasteiger partial charge in [0.15, 0.2) is 0 Å². The summed E-state index contributed by atoms with van der Waals surface area (Å²) in [6, 6.07) is 5.84. The second-order valence-corrected chi connectivity index (χ2v) is 3.50. The SMILES string of the molecule is O=C1NC(=NCc2ccc([N+](=O)[O-])cc2)NC1=O. The molecule has 1 heterocycles. The van der Waals surface area contributed by atoms with Gasteiger partial charge in [0.25, 0.3) is 5.69 Å². The molecule has 0 unspecified atom stereocenters. The summed E-state index contributed by atoms with van der Waals surface area (Å²) in [5.74, 6) is -1.42. The second kappa shape index (κ2) is 4.62. The van der Waals surface area contributed by atoms with Crippen molar-refractivity contribution in [3.05, 3.63) is 39.9 Å². The molecule has 1 aromatic rings. The lowest BCUT2D eigenvalue weighted by molar-refractivity contribution is -0.384. The first-order valence-electron chi connectivity index (χ1n) is 4.96. The molecule has 0 radical (unpaired) electrons. The molecular weight excluding hydrogens is 240 g/mol. The van der Waals surface area contributed by atoms with E-state index < -0.39 is 16.7 Å². The van der Waals surface area contributed by atoms with Crippen LogP contribution < -0.4 is 10.6 Å². The molecular formula is C10H8N4O4. The third-order valence-corrected chi connectivity index (χ3v) is 2.24. The Kier molecular flexibility index (Phi) is 3.00. The lowest BCUT2D eigenvalue weighted by Crippen LogP contribution is -2.25. The zero-order valence-electron chi connectivity index (χ0n) is 9.04. The van der Waals surface area contributed by atoms with Gasteiger partial charge < -0.3 is 0 Å². The van der Waals surface area contributed by atoms with E-state index in [9.17, 15) is 19.7 Å². The second-order valence-electron chi connectivity index (χ2n) is 3.50. The van der Waals surface area contributed by atoms with Crippen LogP contribution in [-0.4, -0.2) is 22.7 Å². The molecule has 0 saturated carbocycles. The Morgan fingerprint density at radius 1 is 1.11 bits per heavy atom. The van der Waals surface area contributed by atoms with E-state index in [1.54, 1.807) is 12.1 Å². The topological polar surface area (TPSA) is 114 Å². The molecule has 2 amide bonds. The number of guanidine groups is 1. The van der Waals surface area contributed by atoms with Gasteiger partial charge >= 0.3 is 11.8 Å². The minimum atomic E-state index is -0.752. The molecule has 92 valence electrons. The zero-order valence-corrected chi connectivity index (χ0v) is 9.04. The van der Waals surface area contributed by atoms with Crippen LogP contribution in [-0.2, 0) is 16.1 Å². The highest BCUT2D eigenvalue weighted by Gasteiger charge is 2.24. The molecule has 0 aliphatic carbocycles. The zero-order chi connectivity index (χ0) is 13.1. The lowest BCUT2D eigenvalue weighted by Gasteiger charge is -1.98. The van der Waals surface area contributed by atoms with Crippen molar-refractivity contribution in [2.75, 3.05) is 0 Å². The highest BCUT2D eigenvalue weighted by Crippen LogP contribution is 2.12. The summed E-state index contributed by atoms with van der Waals surface area (Å²) < 4.78 is 0. The number of nitro groups is 1. The van der Waals surface area contributed by atoms with Gasteiger partial charge in [0.1, 0.15) is 0 Å². The molecule has 2 rings (SSSR count). The molecule has 0 aromatic heterocycles. The third kappa shape index (κ3) is 2.48. The average molecular weight is 248 g/mol. The summed E-state index contributed by atoms with van der Waals surface area (Å²) in [4.78, 5) is 35.6. The molecule has 1 fully saturated rings. The van der Waals surface area contributed by atoms with Gasteiger partial charge in [0.05, 0.1) is 11.5 Å². The van der Waals surface area contributed by atoms with Gasteiger partial charge in [-0.2, -0.15) is 0 Å². The Labute approximate surface area is 101 Å². The molecule has 1 aliphatic rings. The number of rotatable bonds is 3. The number of hydrogen-bond donors (Lipinski definition) is 2. The number of nitro benzene ring substituents is 1. The van der Waals surface area contributed by atoms with Gasteiger partial charge in [0, 0.05) is 12.1 Å². The molecule has 0 bridgehead atoms. The van der Waals surface area contributed by atoms with Crippen molar-refractivity contribution < 1.29 is 14.5 Å². The normalized spacial score (nSPS) is 14.1. The maximum Gasteiger partial charge on any atom is 0.316 e. The van der Waals surface area contributed by atoms with Gasteiger partial charge in [-0.15, -0.1) is 0 Å². The number of aliphatic imine (C=N–C) groups is 1. The fourth-order valence-corrected chi connectivity index (χ4v) is 1.33. The fraction of sp³-hybridized carbons (Fsp3) is 0.100. The Bertz CT molecular complexity index is 532. The molecule has 1 saturated heterocycles. The third-order valence-electron chi connectivity index (χ3n) is 2.24. The molecule has 2 N–H and O–H groups in total. The van der Waals surface area contributed by atoms with Crippen LogP contribution in [0.3, 0.4) is 0 Å². The van der Waals surface area contributed by atoms with Gasteiger partial charge in [-0.1, -0.05) is 12.1 Å². The highest BCUT2D eigenvalue weighted by atomic mass is 16.6. The smallest absolute Gasteiger partial charge is 0.288 e. The Morgan fingerprint density at radius 3 is 2.17 bits per heavy atom. The van der Waals surface area contributed by atoms with Crippen molar-refractivity contribution in [1.82, 2.24) is 10.6 Å². The van der Waals surface area contributed by atoms with Crippen molar-refractivity contribution in [3.63, 3.8) is 0 Å². The largest absolute Gasteiger partial charge is 0.316 e. The van der Waals surface area contributed by atoms with Crippen molar-refractivity contribution >= 4 is 23.5 Å². The molecule has 1 aromatic carbocycles. The van der Waals surface area contributed by atoms with E-state index in [0.29, 0.717) is 0 Å². The first kappa shape index (κ1) is 11.7. The van der Waals surface area contributed by atoms with Gasteiger partial charge in [-0.25, -0.2) is 4.99 Å². The molecule has 0 spiro atoms. The van der Waals surface area contributed by atoms with E-state index in [-0.39, 0.29) is 18.2 Å². The Hall–Kier alpha value is -2.77. The summed E-state index contributed by atoms with van der Waals surface area (Å²) in [5, 5.41) is 14.9. The first-order chi connectivity index (χ1) is 8.56. The van der Waals surface area contributed by atoms with E-state index in [1.165, 1.54) is 12.1 Å². The minimum Gasteiger partial charge on any atom is -0.288 e. The van der Waals surface area contributed by atoms with Crippen molar-refractivity contribution in [2.24, 2.45) is 4.99 Å². The van der Waals surface area contributed by atoms with Crippen LogP contribution in [0.4, 0.5) is 5.69 Å². The first-order valence-corrected chi connectivity index (χ1v) is 4.96. The lowest BCUT2D eigenvalue weighted by atomic mass is 10.2. The van der Waals surface area contributed by atoms with E-state index in [2.05, 4.69) is 15.6 Å². The molecule has 1 aliphatic heterocycles. The minimum absolute atomic E-state index is 0.00567. The van der Waals surface area contributed by atoms with Gasteiger partial charge in [-0.05, 0) is 5.56 Å². The molecule has 0 atom stereocenters. The average Bonchev–Trinajstić information content (AvgIpc) is 2.67. The number of hydrogen-bond acceptors (Lipinski definition) is 5. The number of nitrogens with one attached hydrogen (secondary N) is 2. The monoisotopic (exact) mass is 248 g/mol. The molecule has 8 nitrogen and oxygen atoms in total. The van der Waals surface area contributed by atoms with Crippen molar-refractivity contribution in [1.29, 1.82) is 0 Å². The molecule has 8 heteroatoms. The van der Waals surface area contributed by atoms with E-state index in [1.807, 2.05) is 0 Å². The number of amides is 2. The standard InChI is InChI=1S/C10H8N4O4/c15-8-9(16)13-10(12-8)11-5-6-1-3-7(4-2-6)14(17)18/h1-4H,5H2,(H2,11,12,13,15,16). The van der Waals surface area contributed by atoms with Crippen molar-refractivity contribution in [2.45, 2.75) is 6.54 Å². The van der Waals surface area contributed by atoms with Crippen LogP contribution >= 0.6 is 0 Å². The molecule has 18 heavy (non-hydrogen) atoms. The Morgan fingerprint density at radius 2 is 1.67 bits per heavy atom. The maximum absolute atomic E-state index is 10.8. The van der Waals surface area contributed by atoms with Crippen LogP contribution in [0.1, 0.15) is 5.56 Å². The van der Waals surface area contributed by atoms with Gasteiger partial charge in [-0.3, -0.25) is 30.3 Å². The van der Waals surface area contributed by atoms with E-state index in [0.717, 1.165) is 5.56 Å². The summed E-state index contributed by atoms with van der Waals surface area (Å²) in [5.41, 5.74) is 0.720. The summed E-state index contributed by atoms with van der Waals surface area (Å²) >= 11 is 0. The van der Waals surface area contributed by atoms with Crippen LogP contribution in [0.15, 0.2) is 29.3 Å². The predicted octanol–water partition coefficient (Wildman–Crippen LogP) is -0.303. The van der Waals surface area contributed by atoms with Gasteiger partial charge in [0.2, 0.25) is 5.96 Å². The number of non-ortho nitro benzene ring substituents is 1. The van der Waals surface area contributed by atoms with Crippen LogP contribution in [0.5, 0.6) is 0 Å². The van der Waals surface area contributed by atoms with E-state index >= 15 is 0 Å². The summed E-state index contributed by atoms with van der Waals surface area (Å²) in [7, 11) is 0. The Balaban J connectivity index is 2.02. The summed E-state index contributed by atoms with van der Waals surface area (Å²) in [6.07, 6.45) is 0. The number of carbonyl (C=O) groups excluding carboxylic acids is 2. The van der Waals surface area contributed by atoms with Crippen molar-refractivity contribution in [3.8, 4) is 0 Å². The fourth-order valence-electron chi connectivity index (χ4n) is 1.33. The van der Waals surface area contributed by atoms with Crippen LogP contribution in [0.2, 0.25) is 0 Å². The number of nitrogens with zero attached hydrogens (tertiary/aromatic N) is 2. The summed E-state index contributed by atoms with van der Waals surface area (Å²) in [6.45, 7) is 0.202. The van der Waals surface area contributed by atoms with E-state index in [4.69, 9.17) is 0 Å². The number of benzene rings is 1. The van der Waals surface area contributed by atoms with Crippen LogP contribution in [0.25, 0.3) is 0 Å². The number of carbonyl (C=O) groups is 2. The highest BCUT2D eigenvalue weighted by molar-refractivity contribution is 6.45. The maximum atomic E-state index is 10.8.